The third-order valence-electron chi connectivity index (χ3n) is 3.63. The number of carboxylic acid groups (broad SMARTS) is 2. The minimum atomic E-state index is -5.08. The molecule has 0 heterocycles. The number of halogens is 6. The van der Waals surface area contributed by atoms with Gasteiger partial charge in [0.05, 0.1) is 6.42 Å². The number of hydrogen-bond donors (Lipinski definition) is 3. The number of carboxylic acids is 2. The van der Waals surface area contributed by atoms with Crippen LogP contribution in [0.5, 0.6) is 0 Å². The SMILES string of the molecule is O=C(O)C(F)(F)F.O=C(O)CCSSCCNC(=O)C1(C(F)(F)F)CCCC1. The van der Waals surface area contributed by atoms with Crippen molar-refractivity contribution < 1.29 is 50.9 Å². The highest BCUT2D eigenvalue weighted by Crippen LogP contribution is 2.50. The van der Waals surface area contributed by atoms with E-state index in [0.29, 0.717) is 24.3 Å². The molecular weight excluding hydrogens is 440 g/mol. The smallest absolute Gasteiger partial charge is 0.481 e. The van der Waals surface area contributed by atoms with Crippen LogP contribution in [-0.2, 0) is 14.4 Å². The molecule has 0 unspecified atom stereocenters. The first-order valence-electron chi connectivity index (χ1n) is 7.85. The van der Waals surface area contributed by atoms with Crippen molar-refractivity contribution in [2.45, 2.75) is 44.5 Å². The molecule has 0 aromatic rings. The standard InChI is InChI=1S/C12H18F3NO3S2.C2HF3O2/c13-12(14,15)11(4-1-2-5-11)10(19)16-6-8-21-20-7-3-9(17)18;3-2(4,5)1(6)7/h1-8H2,(H,16,19)(H,17,18);(H,6,7). The van der Waals surface area contributed by atoms with E-state index >= 15 is 0 Å². The van der Waals surface area contributed by atoms with Crippen molar-refractivity contribution in [1.29, 1.82) is 0 Å². The van der Waals surface area contributed by atoms with E-state index in [1.165, 1.54) is 21.6 Å². The fraction of sp³-hybridized carbons (Fsp3) is 0.786. The monoisotopic (exact) mass is 459 g/mol. The molecule has 0 aromatic carbocycles. The van der Waals surface area contributed by atoms with Crippen molar-refractivity contribution in [3.63, 3.8) is 0 Å². The summed E-state index contributed by atoms with van der Waals surface area (Å²) in [6.07, 6.45) is -8.97. The topological polar surface area (TPSA) is 104 Å². The van der Waals surface area contributed by atoms with Crippen LogP contribution in [0.25, 0.3) is 0 Å². The van der Waals surface area contributed by atoms with Gasteiger partial charge in [0.1, 0.15) is 5.41 Å². The van der Waals surface area contributed by atoms with E-state index in [9.17, 15) is 35.9 Å². The molecule has 1 aliphatic carbocycles. The van der Waals surface area contributed by atoms with Crippen LogP contribution in [0.2, 0.25) is 0 Å². The van der Waals surface area contributed by atoms with E-state index in [1.807, 2.05) is 0 Å². The molecule has 0 saturated heterocycles. The maximum Gasteiger partial charge on any atom is 0.490 e. The molecule has 1 rings (SSSR count). The first-order valence-corrected chi connectivity index (χ1v) is 10.3. The fourth-order valence-electron chi connectivity index (χ4n) is 2.24. The van der Waals surface area contributed by atoms with Crippen LogP contribution in [-0.4, -0.2) is 58.5 Å². The van der Waals surface area contributed by atoms with Crippen molar-refractivity contribution in [3.8, 4) is 0 Å². The van der Waals surface area contributed by atoms with E-state index in [4.69, 9.17) is 15.0 Å². The lowest BCUT2D eigenvalue weighted by Crippen LogP contribution is -2.49. The molecule has 164 valence electrons. The Bertz CT molecular complexity index is 535. The highest BCUT2D eigenvalue weighted by molar-refractivity contribution is 8.76. The van der Waals surface area contributed by atoms with Crippen molar-refractivity contribution in [2.75, 3.05) is 18.1 Å². The molecule has 0 atom stereocenters. The third kappa shape index (κ3) is 9.26. The summed E-state index contributed by atoms with van der Waals surface area (Å²) < 4.78 is 71.0. The molecular formula is C14H19F6NO5S2. The number of aliphatic carboxylic acids is 2. The van der Waals surface area contributed by atoms with E-state index in [0.717, 1.165) is 0 Å². The minimum absolute atomic E-state index is 0.0429. The van der Waals surface area contributed by atoms with Crippen molar-refractivity contribution in [1.82, 2.24) is 5.32 Å². The molecule has 0 radical (unpaired) electrons. The first kappa shape index (κ1) is 26.7. The Hall–Kier alpha value is -1.31. The minimum Gasteiger partial charge on any atom is -0.481 e. The number of amides is 1. The number of carbonyl (C=O) groups is 3. The normalized spacial score (nSPS) is 16.1. The second-order valence-corrected chi connectivity index (χ2v) is 8.34. The molecule has 6 nitrogen and oxygen atoms in total. The number of hydrogen-bond acceptors (Lipinski definition) is 5. The molecule has 0 aromatic heterocycles. The molecule has 3 N–H and O–H groups in total. The van der Waals surface area contributed by atoms with Gasteiger partial charge in [0, 0.05) is 18.1 Å². The zero-order valence-electron chi connectivity index (χ0n) is 14.4. The van der Waals surface area contributed by atoms with Gasteiger partial charge in [-0.1, -0.05) is 34.4 Å². The van der Waals surface area contributed by atoms with Crippen LogP contribution in [0.4, 0.5) is 26.3 Å². The maximum absolute atomic E-state index is 13.1. The predicted molar refractivity (Wildman–Crippen MR) is 90.8 cm³/mol. The number of alkyl halides is 6. The summed E-state index contributed by atoms with van der Waals surface area (Å²) in [5, 5.41) is 17.9. The number of nitrogens with one attached hydrogen (secondary N) is 1. The Labute approximate surface area is 164 Å². The van der Waals surface area contributed by atoms with Gasteiger partial charge in [-0.05, 0) is 12.8 Å². The lowest BCUT2D eigenvalue weighted by molar-refractivity contribution is -0.220. The molecule has 0 aliphatic heterocycles. The summed E-state index contributed by atoms with van der Waals surface area (Å²) in [5.74, 6) is -3.69. The molecule has 14 heteroatoms. The van der Waals surface area contributed by atoms with Crippen molar-refractivity contribution in [3.05, 3.63) is 0 Å². The lowest BCUT2D eigenvalue weighted by Gasteiger charge is -2.30. The van der Waals surface area contributed by atoms with Gasteiger partial charge < -0.3 is 15.5 Å². The Morgan fingerprint density at radius 1 is 0.929 bits per heavy atom. The number of carbonyl (C=O) groups excluding carboxylic acids is 1. The van der Waals surface area contributed by atoms with Gasteiger partial charge in [-0.3, -0.25) is 9.59 Å². The van der Waals surface area contributed by atoms with Crippen molar-refractivity contribution >= 4 is 39.4 Å². The largest absolute Gasteiger partial charge is 0.490 e. The second-order valence-electron chi connectivity index (χ2n) is 5.63. The van der Waals surface area contributed by atoms with Crippen LogP contribution in [0.3, 0.4) is 0 Å². The molecule has 1 aliphatic rings. The van der Waals surface area contributed by atoms with Gasteiger partial charge in [-0.15, -0.1) is 0 Å². The zero-order valence-corrected chi connectivity index (χ0v) is 16.0. The summed E-state index contributed by atoms with van der Waals surface area (Å²) in [4.78, 5) is 31.0. The average molecular weight is 459 g/mol. The summed E-state index contributed by atoms with van der Waals surface area (Å²) in [7, 11) is 2.68. The van der Waals surface area contributed by atoms with Crippen LogP contribution in [0, 0.1) is 5.41 Å². The summed E-state index contributed by atoms with van der Waals surface area (Å²) in [6.45, 7) is 0.154. The quantitative estimate of drug-likeness (QED) is 0.289. The molecule has 1 amide bonds. The van der Waals surface area contributed by atoms with Gasteiger partial charge in [-0.25, -0.2) is 4.79 Å². The van der Waals surface area contributed by atoms with E-state index < -0.39 is 35.6 Å². The van der Waals surface area contributed by atoms with Gasteiger partial charge in [0.25, 0.3) is 0 Å². The lowest BCUT2D eigenvalue weighted by atomic mass is 9.84. The average Bonchev–Trinajstić information content (AvgIpc) is 3.04. The Morgan fingerprint density at radius 2 is 1.39 bits per heavy atom. The van der Waals surface area contributed by atoms with Gasteiger partial charge >= 0.3 is 24.3 Å². The van der Waals surface area contributed by atoms with Crippen molar-refractivity contribution in [2.24, 2.45) is 5.41 Å². The predicted octanol–water partition coefficient (Wildman–Crippen LogP) is 3.71. The third-order valence-corrected chi connectivity index (χ3v) is 6.04. The molecule has 0 bridgehead atoms. The van der Waals surface area contributed by atoms with Crippen LogP contribution >= 0.6 is 21.6 Å². The molecule has 0 spiro atoms. The molecule has 28 heavy (non-hydrogen) atoms. The van der Waals surface area contributed by atoms with E-state index in [2.05, 4.69) is 5.32 Å². The molecule has 1 saturated carbocycles. The fourth-order valence-corrected chi connectivity index (χ4v) is 4.13. The number of rotatable bonds is 8. The maximum atomic E-state index is 13.1. The van der Waals surface area contributed by atoms with Gasteiger partial charge in [-0.2, -0.15) is 26.3 Å². The highest BCUT2D eigenvalue weighted by atomic mass is 33.1. The Morgan fingerprint density at radius 3 is 1.79 bits per heavy atom. The zero-order chi connectivity index (χ0) is 22.0. The van der Waals surface area contributed by atoms with Crippen LogP contribution < -0.4 is 5.32 Å². The summed E-state index contributed by atoms with van der Waals surface area (Å²) >= 11 is 0. The second kappa shape index (κ2) is 11.6. The Balaban J connectivity index is 0.000000887. The van der Waals surface area contributed by atoms with Crippen LogP contribution in [0.1, 0.15) is 32.1 Å². The highest BCUT2D eigenvalue weighted by Gasteiger charge is 2.60. The summed E-state index contributed by atoms with van der Waals surface area (Å²) in [6, 6.07) is 0. The Kier molecular flexibility index (Phi) is 11.1. The van der Waals surface area contributed by atoms with Crippen LogP contribution in [0.15, 0.2) is 0 Å². The molecule has 1 fully saturated rings. The van der Waals surface area contributed by atoms with Gasteiger partial charge in [0.2, 0.25) is 5.91 Å². The summed E-state index contributed by atoms with van der Waals surface area (Å²) in [5.41, 5.74) is -2.21. The van der Waals surface area contributed by atoms with E-state index in [-0.39, 0.29) is 25.8 Å². The van der Waals surface area contributed by atoms with Gasteiger partial charge in [0.15, 0.2) is 0 Å². The first-order chi connectivity index (χ1) is 12.7. The van der Waals surface area contributed by atoms with E-state index in [1.54, 1.807) is 0 Å².